The lowest BCUT2D eigenvalue weighted by atomic mass is 10.0. The van der Waals surface area contributed by atoms with Crippen molar-refractivity contribution in [2.45, 2.75) is 25.8 Å². The second-order valence-electron chi connectivity index (χ2n) is 4.69. The Hall–Kier alpha value is -1.20. The van der Waals surface area contributed by atoms with E-state index in [9.17, 15) is 9.59 Å². The predicted octanol–water partition coefficient (Wildman–Crippen LogP) is 2.19. The average Bonchev–Trinajstić information content (AvgIpc) is 2.39. The number of carbonyl (C=O) groups excluding carboxylic acids is 2. The first kappa shape index (κ1) is 14.2. The summed E-state index contributed by atoms with van der Waals surface area (Å²) in [7, 11) is 0. The summed E-state index contributed by atoms with van der Waals surface area (Å²) in [5.41, 5.74) is 0.545. The summed E-state index contributed by atoms with van der Waals surface area (Å²) in [5.74, 6) is -0.391. The van der Waals surface area contributed by atoms with E-state index in [1.807, 2.05) is 6.07 Å². The number of hydrogen-bond donors (Lipinski definition) is 1. The van der Waals surface area contributed by atoms with Crippen molar-refractivity contribution in [2.75, 3.05) is 13.1 Å². The van der Waals surface area contributed by atoms with Crippen LogP contribution in [0.5, 0.6) is 0 Å². The van der Waals surface area contributed by atoms with Crippen LogP contribution in [0.2, 0.25) is 0 Å². The average molecular weight is 325 g/mol. The van der Waals surface area contributed by atoms with Crippen molar-refractivity contribution in [3.8, 4) is 0 Å². The van der Waals surface area contributed by atoms with Gasteiger partial charge in [-0.1, -0.05) is 22.0 Å². The molecule has 1 aromatic carbocycles. The molecule has 0 aromatic heterocycles. The number of rotatable bonds is 2. The van der Waals surface area contributed by atoms with Gasteiger partial charge >= 0.3 is 0 Å². The van der Waals surface area contributed by atoms with Crippen LogP contribution in [0.3, 0.4) is 0 Å². The van der Waals surface area contributed by atoms with Gasteiger partial charge in [-0.25, -0.2) is 0 Å². The Kier molecular flexibility index (Phi) is 4.71. The van der Waals surface area contributed by atoms with E-state index in [1.165, 1.54) is 11.8 Å². The van der Waals surface area contributed by atoms with Gasteiger partial charge in [0.05, 0.1) is 0 Å². The van der Waals surface area contributed by atoms with Crippen molar-refractivity contribution >= 4 is 27.7 Å². The molecular weight excluding hydrogens is 308 g/mol. The molecule has 0 spiro atoms. The van der Waals surface area contributed by atoms with Crippen molar-refractivity contribution in [1.29, 1.82) is 0 Å². The number of imide groups is 1. The molecule has 2 amide bonds. The maximum atomic E-state index is 12.5. The molecule has 1 aromatic rings. The van der Waals surface area contributed by atoms with Crippen molar-refractivity contribution < 1.29 is 9.59 Å². The van der Waals surface area contributed by atoms with E-state index in [2.05, 4.69) is 21.2 Å². The Labute approximate surface area is 121 Å². The van der Waals surface area contributed by atoms with Crippen LogP contribution >= 0.6 is 15.9 Å². The molecule has 19 heavy (non-hydrogen) atoms. The lowest BCUT2D eigenvalue weighted by molar-refractivity contribution is -0.128. The number of nitrogens with zero attached hydrogens (tertiary/aromatic N) is 1. The number of nitrogens with one attached hydrogen (secondary N) is 1. The molecule has 0 atom stereocenters. The molecular formula is C14H17BrN2O2. The maximum Gasteiger partial charge on any atom is 0.260 e. The molecule has 4 nitrogen and oxygen atoms in total. The van der Waals surface area contributed by atoms with Crippen LogP contribution in [-0.4, -0.2) is 35.8 Å². The van der Waals surface area contributed by atoms with Gasteiger partial charge < -0.3 is 5.32 Å². The maximum absolute atomic E-state index is 12.5. The van der Waals surface area contributed by atoms with Crippen molar-refractivity contribution in [1.82, 2.24) is 10.2 Å². The molecule has 0 bridgehead atoms. The fraction of sp³-hybridized carbons (Fsp3) is 0.429. The number of benzene rings is 1. The Morgan fingerprint density at radius 2 is 2.00 bits per heavy atom. The van der Waals surface area contributed by atoms with Crippen molar-refractivity contribution in [2.24, 2.45) is 0 Å². The zero-order chi connectivity index (χ0) is 13.8. The van der Waals surface area contributed by atoms with E-state index in [0.29, 0.717) is 5.56 Å². The highest BCUT2D eigenvalue weighted by Crippen LogP contribution is 2.18. The molecule has 0 aliphatic carbocycles. The standard InChI is InChI=1S/C14H17BrN2O2/c1-10(18)17(13-5-7-16-8-6-13)14(19)11-3-2-4-12(15)9-11/h2-4,9,13,16H,5-8H2,1H3. The molecule has 0 radical (unpaired) electrons. The van der Waals surface area contributed by atoms with Gasteiger partial charge in [0, 0.05) is 23.0 Å². The van der Waals surface area contributed by atoms with Gasteiger partial charge in [-0.15, -0.1) is 0 Å². The number of piperidine rings is 1. The van der Waals surface area contributed by atoms with Crippen LogP contribution in [0.15, 0.2) is 28.7 Å². The molecule has 1 N–H and O–H groups in total. The number of carbonyl (C=O) groups is 2. The summed E-state index contributed by atoms with van der Waals surface area (Å²) in [6.45, 7) is 3.15. The van der Waals surface area contributed by atoms with Crippen LogP contribution < -0.4 is 5.32 Å². The number of hydrogen-bond acceptors (Lipinski definition) is 3. The van der Waals surface area contributed by atoms with E-state index in [1.54, 1.807) is 18.2 Å². The highest BCUT2D eigenvalue weighted by atomic mass is 79.9. The summed E-state index contributed by atoms with van der Waals surface area (Å²) >= 11 is 3.35. The molecule has 1 aliphatic rings. The molecule has 5 heteroatoms. The molecule has 2 rings (SSSR count). The molecule has 102 valence electrons. The fourth-order valence-electron chi connectivity index (χ4n) is 2.39. The van der Waals surface area contributed by atoms with E-state index >= 15 is 0 Å². The third kappa shape index (κ3) is 3.42. The highest BCUT2D eigenvalue weighted by Gasteiger charge is 2.29. The Bertz CT molecular complexity index is 484. The van der Waals surface area contributed by atoms with Crippen LogP contribution in [-0.2, 0) is 4.79 Å². The fourth-order valence-corrected chi connectivity index (χ4v) is 2.79. The first-order valence-electron chi connectivity index (χ1n) is 6.40. The normalized spacial score (nSPS) is 16.1. The smallest absolute Gasteiger partial charge is 0.260 e. The topological polar surface area (TPSA) is 49.4 Å². The molecule has 1 saturated heterocycles. The zero-order valence-electron chi connectivity index (χ0n) is 10.9. The molecule has 0 saturated carbocycles. The second-order valence-corrected chi connectivity index (χ2v) is 5.60. The first-order chi connectivity index (χ1) is 9.09. The monoisotopic (exact) mass is 324 g/mol. The third-order valence-electron chi connectivity index (χ3n) is 3.30. The quantitative estimate of drug-likeness (QED) is 0.907. The van der Waals surface area contributed by atoms with Gasteiger partial charge in [-0.05, 0) is 44.1 Å². The van der Waals surface area contributed by atoms with Gasteiger partial charge in [0.2, 0.25) is 5.91 Å². The molecule has 1 fully saturated rings. The van der Waals surface area contributed by atoms with E-state index in [0.717, 1.165) is 30.4 Å². The Morgan fingerprint density at radius 1 is 1.32 bits per heavy atom. The van der Waals surface area contributed by atoms with Crippen LogP contribution in [0.4, 0.5) is 0 Å². The third-order valence-corrected chi connectivity index (χ3v) is 3.80. The first-order valence-corrected chi connectivity index (χ1v) is 7.19. The summed E-state index contributed by atoms with van der Waals surface area (Å²) in [5, 5.41) is 3.24. The summed E-state index contributed by atoms with van der Waals surface area (Å²) in [6, 6.07) is 7.16. The van der Waals surface area contributed by atoms with E-state index < -0.39 is 0 Å². The lowest BCUT2D eigenvalue weighted by Gasteiger charge is -2.32. The van der Waals surface area contributed by atoms with Gasteiger partial charge in [-0.2, -0.15) is 0 Å². The minimum atomic E-state index is -0.208. The Balaban J connectivity index is 2.23. The second kappa shape index (κ2) is 6.30. The largest absolute Gasteiger partial charge is 0.317 e. The van der Waals surface area contributed by atoms with Crippen LogP contribution in [0, 0.1) is 0 Å². The van der Waals surface area contributed by atoms with E-state index in [-0.39, 0.29) is 17.9 Å². The van der Waals surface area contributed by atoms with Crippen LogP contribution in [0.25, 0.3) is 0 Å². The SMILES string of the molecule is CC(=O)N(C(=O)c1cccc(Br)c1)C1CCNCC1. The minimum Gasteiger partial charge on any atom is -0.317 e. The molecule has 0 unspecified atom stereocenters. The molecule has 1 heterocycles. The van der Waals surface area contributed by atoms with Gasteiger partial charge in [0.25, 0.3) is 5.91 Å². The van der Waals surface area contributed by atoms with Gasteiger partial charge in [-0.3, -0.25) is 14.5 Å². The predicted molar refractivity (Wildman–Crippen MR) is 76.9 cm³/mol. The highest BCUT2D eigenvalue weighted by molar-refractivity contribution is 9.10. The summed E-state index contributed by atoms with van der Waals surface area (Å²) in [6.07, 6.45) is 1.64. The minimum absolute atomic E-state index is 0.00484. The molecule has 1 aliphatic heterocycles. The van der Waals surface area contributed by atoms with Crippen molar-refractivity contribution in [3.05, 3.63) is 34.3 Å². The lowest BCUT2D eigenvalue weighted by Crippen LogP contribution is -2.48. The van der Waals surface area contributed by atoms with E-state index in [4.69, 9.17) is 0 Å². The summed E-state index contributed by atoms with van der Waals surface area (Å²) in [4.78, 5) is 25.7. The number of amides is 2. The van der Waals surface area contributed by atoms with Crippen molar-refractivity contribution in [3.63, 3.8) is 0 Å². The van der Waals surface area contributed by atoms with Gasteiger partial charge in [0.1, 0.15) is 0 Å². The summed E-state index contributed by atoms with van der Waals surface area (Å²) < 4.78 is 0.840. The number of halogens is 1. The van der Waals surface area contributed by atoms with Gasteiger partial charge in [0.15, 0.2) is 0 Å². The zero-order valence-corrected chi connectivity index (χ0v) is 12.4. The van der Waals surface area contributed by atoms with Crippen LogP contribution in [0.1, 0.15) is 30.1 Å². The Morgan fingerprint density at radius 3 is 2.58 bits per heavy atom.